The third kappa shape index (κ3) is 3.95. The number of nitrogens with zero attached hydrogens (tertiary/aromatic N) is 3. The molecule has 12 heteroatoms. The van der Waals surface area contributed by atoms with Crippen LogP contribution >= 0.6 is 19.2 Å². The van der Waals surface area contributed by atoms with Crippen molar-refractivity contribution in [1.82, 2.24) is 5.32 Å². The first-order chi connectivity index (χ1) is 13.4. The molecule has 0 saturated carbocycles. The van der Waals surface area contributed by atoms with Gasteiger partial charge in [-0.1, -0.05) is 17.7 Å². The van der Waals surface area contributed by atoms with Gasteiger partial charge in [0, 0.05) is 31.9 Å². The maximum absolute atomic E-state index is 13.4. The molecule has 1 aliphatic heterocycles. The van der Waals surface area contributed by atoms with E-state index in [1.165, 1.54) is 30.1 Å². The van der Waals surface area contributed by atoms with Crippen molar-refractivity contribution in [3.8, 4) is 0 Å². The fraction of sp³-hybridized carbons (Fsp3) is 0.471. The molecule has 158 valence electrons. The number of rotatable bonds is 5. The van der Waals surface area contributed by atoms with E-state index in [4.69, 9.17) is 25.4 Å². The molecule has 1 aromatic rings. The number of hydrogen-bond acceptors (Lipinski definition) is 6. The van der Waals surface area contributed by atoms with Gasteiger partial charge < -0.3 is 24.2 Å². The third-order valence-electron chi connectivity index (χ3n) is 4.21. The Morgan fingerprint density at radius 2 is 1.90 bits per heavy atom. The second-order valence-corrected chi connectivity index (χ2v) is 9.77. The van der Waals surface area contributed by atoms with E-state index in [1.54, 1.807) is 20.8 Å². The summed E-state index contributed by atoms with van der Waals surface area (Å²) in [5.74, 6) is -0.775. The summed E-state index contributed by atoms with van der Waals surface area (Å²) in [7, 11) is -0.753. The number of carbonyl (C=O) groups is 2. The number of nitrogens with one attached hydrogen (secondary N) is 1. The van der Waals surface area contributed by atoms with Gasteiger partial charge in [-0.05, 0) is 32.9 Å². The average Bonchev–Trinajstić information content (AvgIpc) is 2.82. The molecule has 0 radical (unpaired) electrons. The standard InChI is InChI=1S/C17H22ClN4O6P/c1-16(2,3)28-15(24)20-17(13(21-19)29(25,26-5)27-6)11-8-7-10(18)9-12(11)22(4)14(17)23/h7-9H,1-6H3,(H,20,24)/t17-/m1/s1. The number of carbonyl (C=O) groups excluding carboxylic acids is 2. The summed E-state index contributed by atoms with van der Waals surface area (Å²) in [5, 5.41) is 2.73. The van der Waals surface area contributed by atoms with Crippen molar-refractivity contribution in [2.24, 2.45) is 0 Å². The maximum atomic E-state index is 13.4. The SMILES string of the molecule is COP(=O)(OC)C(=[N+]=[N-])[C@@]1(NC(=O)OC(C)(C)C)C(=O)N(C)c2cc(Cl)ccc21. The fourth-order valence-electron chi connectivity index (χ4n) is 3.01. The fourth-order valence-corrected chi connectivity index (χ4v) is 4.46. The van der Waals surface area contributed by atoms with Crippen LogP contribution in [0.2, 0.25) is 5.02 Å². The number of fused-ring (bicyclic) bond motifs is 1. The summed E-state index contributed by atoms with van der Waals surface area (Å²) in [6, 6.07) is 4.39. The summed E-state index contributed by atoms with van der Waals surface area (Å²) in [6.45, 7) is 4.89. The first kappa shape index (κ1) is 23.1. The molecule has 0 fully saturated rings. The zero-order valence-corrected chi connectivity index (χ0v) is 18.5. The lowest BCUT2D eigenvalue weighted by atomic mass is 9.92. The van der Waals surface area contributed by atoms with Gasteiger partial charge >= 0.3 is 19.1 Å². The quantitative estimate of drug-likeness (QED) is 0.321. The van der Waals surface area contributed by atoms with E-state index in [-0.39, 0.29) is 5.56 Å². The molecule has 0 saturated heterocycles. The van der Waals surface area contributed by atoms with E-state index in [0.29, 0.717) is 10.7 Å². The highest BCUT2D eigenvalue weighted by molar-refractivity contribution is 7.72. The molecule has 1 heterocycles. The third-order valence-corrected chi connectivity index (χ3v) is 6.35. The Hall–Kier alpha value is -2.22. The Balaban J connectivity index is 2.82. The predicted octanol–water partition coefficient (Wildman–Crippen LogP) is 3.15. The summed E-state index contributed by atoms with van der Waals surface area (Å²) in [4.78, 5) is 30.2. The molecule has 0 aromatic heterocycles. The summed E-state index contributed by atoms with van der Waals surface area (Å²) in [6.07, 6.45) is -1.01. The van der Waals surface area contributed by atoms with E-state index in [0.717, 1.165) is 14.2 Å². The van der Waals surface area contributed by atoms with Gasteiger partial charge in [-0.15, -0.1) is 0 Å². The Kier molecular flexibility index (Phi) is 6.28. The van der Waals surface area contributed by atoms with Gasteiger partial charge in [-0.2, -0.15) is 4.79 Å². The summed E-state index contributed by atoms with van der Waals surface area (Å²) in [5.41, 5.74) is 6.37. The van der Waals surface area contributed by atoms with Gasteiger partial charge in [-0.25, -0.2) is 9.36 Å². The predicted molar refractivity (Wildman–Crippen MR) is 106 cm³/mol. The second kappa shape index (κ2) is 7.89. The van der Waals surface area contributed by atoms with Gasteiger partial charge in [0.15, 0.2) is 0 Å². The lowest BCUT2D eigenvalue weighted by Crippen LogP contribution is -2.58. The molecule has 0 unspecified atom stereocenters. The monoisotopic (exact) mass is 444 g/mol. The molecule has 1 atom stereocenters. The molecule has 10 nitrogen and oxygen atoms in total. The number of halogens is 1. The largest absolute Gasteiger partial charge is 0.444 e. The Morgan fingerprint density at radius 3 is 2.38 bits per heavy atom. The molecule has 2 rings (SSSR count). The van der Waals surface area contributed by atoms with Crippen molar-refractivity contribution >= 4 is 42.3 Å². The van der Waals surface area contributed by atoms with Crippen molar-refractivity contribution in [3.63, 3.8) is 0 Å². The highest BCUT2D eigenvalue weighted by atomic mass is 35.5. The molecular formula is C17H22ClN4O6P. The molecule has 2 amide bonds. The molecule has 1 N–H and O–H groups in total. The number of benzene rings is 1. The van der Waals surface area contributed by atoms with Crippen LogP contribution in [-0.2, 0) is 28.7 Å². The smallest absolute Gasteiger partial charge is 0.440 e. The number of alkyl carbamates (subject to hydrolysis) is 1. The molecule has 1 aliphatic rings. The van der Waals surface area contributed by atoms with Crippen LogP contribution in [0.5, 0.6) is 0 Å². The first-order valence-corrected chi connectivity index (χ1v) is 10.3. The molecule has 0 spiro atoms. The normalized spacial score (nSPS) is 18.9. The van der Waals surface area contributed by atoms with Crippen LogP contribution in [0.1, 0.15) is 26.3 Å². The van der Waals surface area contributed by atoms with Crippen molar-refractivity contribution in [1.29, 1.82) is 0 Å². The zero-order chi connectivity index (χ0) is 22.2. The average molecular weight is 445 g/mol. The van der Waals surface area contributed by atoms with E-state index >= 15 is 0 Å². The Bertz CT molecular complexity index is 948. The van der Waals surface area contributed by atoms with Crippen molar-refractivity contribution in [2.45, 2.75) is 31.9 Å². The van der Waals surface area contributed by atoms with Crippen LogP contribution < -0.4 is 10.2 Å². The Labute approximate surface area is 173 Å². The second-order valence-electron chi connectivity index (χ2n) is 7.19. The Morgan fingerprint density at radius 1 is 1.31 bits per heavy atom. The van der Waals surface area contributed by atoms with E-state index in [9.17, 15) is 19.7 Å². The van der Waals surface area contributed by atoms with E-state index in [2.05, 4.69) is 10.1 Å². The van der Waals surface area contributed by atoms with Crippen LogP contribution in [0.4, 0.5) is 10.5 Å². The molecule has 0 bridgehead atoms. The number of ether oxygens (including phenoxy) is 1. The zero-order valence-electron chi connectivity index (χ0n) is 16.8. The van der Waals surface area contributed by atoms with Crippen molar-refractivity contribution in [3.05, 3.63) is 34.3 Å². The van der Waals surface area contributed by atoms with E-state index in [1.807, 2.05) is 0 Å². The summed E-state index contributed by atoms with van der Waals surface area (Å²) < 4.78 is 28.3. The van der Waals surface area contributed by atoms with Crippen LogP contribution in [-0.4, -0.2) is 49.1 Å². The van der Waals surface area contributed by atoms with Gasteiger partial charge in [0.1, 0.15) is 5.60 Å². The number of amides is 2. The topological polar surface area (TPSA) is 131 Å². The maximum Gasteiger partial charge on any atom is 0.440 e. The molecular weight excluding hydrogens is 423 g/mol. The number of hydrogen-bond donors (Lipinski definition) is 1. The lowest BCUT2D eigenvalue weighted by Gasteiger charge is -2.28. The van der Waals surface area contributed by atoms with Gasteiger partial charge in [0.25, 0.3) is 11.4 Å². The van der Waals surface area contributed by atoms with Crippen molar-refractivity contribution < 1.29 is 32.7 Å². The van der Waals surface area contributed by atoms with Gasteiger partial charge in [-0.3, -0.25) is 10.1 Å². The minimum atomic E-state index is -4.30. The lowest BCUT2D eigenvalue weighted by molar-refractivity contribution is -0.123. The minimum absolute atomic E-state index is 0.155. The minimum Gasteiger partial charge on any atom is -0.444 e. The molecule has 0 aliphatic carbocycles. The van der Waals surface area contributed by atoms with E-state index < -0.39 is 36.2 Å². The van der Waals surface area contributed by atoms with Crippen LogP contribution in [0.15, 0.2) is 18.2 Å². The number of likely N-dealkylation sites (N-methyl/N-ethyl adjacent to an activating group) is 1. The van der Waals surface area contributed by atoms with Crippen LogP contribution in [0, 0.1) is 0 Å². The van der Waals surface area contributed by atoms with Crippen LogP contribution in [0.25, 0.3) is 5.53 Å². The highest BCUT2D eigenvalue weighted by Gasteiger charge is 2.67. The van der Waals surface area contributed by atoms with Crippen LogP contribution in [0.3, 0.4) is 0 Å². The highest BCUT2D eigenvalue weighted by Crippen LogP contribution is 2.56. The van der Waals surface area contributed by atoms with Gasteiger partial charge in [0.05, 0.1) is 5.69 Å². The summed E-state index contributed by atoms with van der Waals surface area (Å²) >= 11 is 6.05. The molecule has 1 aromatic carbocycles. The number of anilines is 1. The van der Waals surface area contributed by atoms with Gasteiger partial charge in [0.2, 0.25) is 0 Å². The first-order valence-electron chi connectivity index (χ1n) is 8.40. The van der Waals surface area contributed by atoms with Crippen molar-refractivity contribution in [2.75, 3.05) is 26.2 Å². The molecule has 29 heavy (non-hydrogen) atoms.